The molecule has 0 spiro atoms. The van der Waals surface area contributed by atoms with Gasteiger partial charge >= 0.3 is 0 Å². The number of benzene rings is 2. The van der Waals surface area contributed by atoms with Crippen molar-refractivity contribution in [2.75, 3.05) is 7.05 Å². The topological polar surface area (TPSA) is 12.0 Å². The quantitative estimate of drug-likeness (QED) is 0.860. The van der Waals surface area contributed by atoms with Crippen LogP contribution in [-0.2, 0) is 19.4 Å². The molecule has 0 aliphatic heterocycles. The van der Waals surface area contributed by atoms with Crippen molar-refractivity contribution in [3.05, 3.63) is 59.2 Å². The van der Waals surface area contributed by atoms with E-state index < -0.39 is 0 Å². The summed E-state index contributed by atoms with van der Waals surface area (Å²) in [7, 11) is 1.98. The first-order valence-electron chi connectivity index (χ1n) is 6.72. The zero-order valence-electron chi connectivity index (χ0n) is 10.9. The summed E-state index contributed by atoms with van der Waals surface area (Å²) >= 11 is 0. The van der Waals surface area contributed by atoms with Gasteiger partial charge in [-0.05, 0) is 54.1 Å². The van der Waals surface area contributed by atoms with Crippen molar-refractivity contribution in [3.63, 3.8) is 0 Å². The second-order valence-corrected chi connectivity index (χ2v) is 5.06. The highest BCUT2D eigenvalue weighted by molar-refractivity contribution is 5.65. The van der Waals surface area contributed by atoms with E-state index >= 15 is 0 Å². The molecule has 0 fully saturated rings. The van der Waals surface area contributed by atoms with Gasteiger partial charge < -0.3 is 5.32 Å². The van der Waals surface area contributed by atoms with Crippen LogP contribution >= 0.6 is 0 Å². The first kappa shape index (κ1) is 11.5. The maximum Gasteiger partial charge on any atom is 0.0202 e. The fourth-order valence-corrected chi connectivity index (χ4v) is 2.77. The molecule has 0 saturated carbocycles. The standard InChI is InChI=1S/C17H19N/c1-18-12-13-5-7-15(8-6-13)17-10-9-14-3-2-4-16(14)11-17/h5-11,18H,2-4,12H2,1H3. The molecule has 0 unspecified atom stereocenters. The van der Waals surface area contributed by atoms with Gasteiger partial charge in [0.1, 0.15) is 0 Å². The number of fused-ring (bicyclic) bond motifs is 1. The van der Waals surface area contributed by atoms with E-state index in [1.54, 1.807) is 11.1 Å². The summed E-state index contributed by atoms with van der Waals surface area (Å²) in [6.07, 6.45) is 3.83. The molecule has 0 saturated heterocycles. The smallest absolute Gasteiger partial charge is 0.0202 e. The predicted octanol–water partition coefficient (Wildman–Crippen LogP) is 3.56. The molecule has 1 nitrogen and oxygen atoms in total. The predicted molar refractivity (Wildman–Crippen MR) is 76.7 cm³/mol. The molecule has 0 bridgehead atoms. The van der Waals surface area contributed by atoms with Crippen molar-refractivity contribution >= 4 is 0 Å². The molecule has 0 amide bonds. The Morgan fingerprint density at radius 1 is 0.889 bits per heavy atom. The fraction of sp³-hybridized carbons (Fsp3) is 0.294. The third-order valence-corrected chi connectivity index (χ3v) is 3.77. The highest BCUT2D eigenvalue weighted by Crippen LogP contribution is 2.28. The minimum atomic E-state index is 0.935. The van der Waals surface area contributed by atoms with E-state index in [1.165, 1.54) is 36.0 Å². The molecule has 0 atom stereocenters. The number of hydrogen-bond acceptors (Lipinski definition) is 1. The van der Waals surface area contributed by atoms with Crippen LogP contribution in [0.25, 0.3) is 11.1 Å². The average Bonchev–Trinajstić information content (AvgIpc) is 2.87. The van der Waals surface area contributed by atoms with E-state index in [4.69, 9.17) is 0 Å². The molecule has 1 aliphatic carbocycles. The molecule has 1 heteroatoms. The van der Waals surface area contributed by atoms with Crippen LogP contribution in [0.4, 0.5) is 0 Å². The summed E-state index contributed by atoms with van der Waals surface area (Å²) in [6.45, 7) is 0.935. The summed E-state index contributed by atoms with van der Waals surface area (Å²) in [5.74, 6) is 0. The second kappa shape index (κ2) is 4.95. The Labute approximate surface area is 109 Å². The highest BCUT2D eigenvalue weighted by atomic mass is 14.8. The van der Waals surface area contributed by atoms with Gasteiger partial charge in [0.05, 0.1) is 0 Å². The van der Waals surface area contributed by atoms with E-state index in [0.717, 1.165) is 6.54 Å². The van der Waals surface area contributed by atoms with E-state index in [-0.39, 0.29) is 0 Å². The van der Waals surface area contributed by atoms with Gasteiger partial charge in [-0.3, -0.25) is 0 Å². The van der Waals surface area contributed by atoms with Crippen molar-refractivity contribution in [1.82, 2.24) is 5.32 Å². The minimum Gasteiger partial charge on any atom is -0.316 e. The Morgan fingerprint density at radius 2 is 1.61 bits per heavy atom. The van der Waals surface area contributed by atoms with Crippen LogP contribution in [0.3, 0.4) is 0 Å². The number of nitrogens with one attached hydrogen (secondary N) is 1. The molecule has 92 valence electrons. The Kier molecular flexibility index (Phi) is 3.16. The molecule has 3 rings (SSSR count). The fourth-order valence-electron chi connectivity index (χ4n) is 2.77. The second-order valence-electron chi connectivity index (χ2n) is 5.06. The summed E-state index contributed by atoms with van der Waals surface area (Å²) in [4.78, 5) is 0. The van der Waals surface area contributed by atoms with Gasteiger partial charge in [0.25, 0.3) is 0 Å². The molecule has 0 aromatic heterocycles. The van der Waals surface area contributed by atoms with E-state index in [0.29, 0.717) is 0 Å². The van der Waals surface area contributed by atoms with Crippen molar-refractivity contribution in [2.24, 2.45) is 0 Å². The van der Waals surface area contributed by atoms with Gasteiger partial charge in [-0.25, -0.2) is 0 Å². The lowest BCUT2D eigenvalue weighted by Gasteiger charge is -2.06. The third-order valence-electron chi connectivity index (χ3n) is 3.77. The van der Waals surface area contributed by atoms with Crippen molar-refractivity contribution in [3.8, 4) is 11.1 Å². The molecule has 1 N–H and O–H groups in total. The van der Waals surface area contributed by atoms with Gasteiger partial charge in [-0.1, -0.05) is 42.5 Å². The molecular weight excluding hydrogens is 218 g/mol. The minimum absolute atomic E-state index is 0.935. The Hall–Kier alpha value is -1.60. The molecule has 0 radical (unpaired) electrons. The molecular formula is C17H19N. The third kappa shape index (κ3) is 2.19. The summed E-state index contributed by atoms with van der Waals surface area (Å²) < 4.78 is 0. The number of rotatable bonds is 3. The molecule has 2 aromatic rings. The summed E-state index contributed by atoms with van der Waals surface area (Å²) in [5, 5.41) is 3.18. The molecule has 18 heavy (non-hydrogen) atoms. The van der Waals surface area contributed by atoms with Gasteiger partial charge in [-0.2, -0.15) is 0 Å². The van der Waals surface area contributed by atoms with Crippen LogP contribution in [-0.4, -0.2) is 7.05 Å². The monoisotopic (exact) mass is 237 g/mol. The van der Waals surface area contributed by atoms with Crippen LogP contribution < -0.4 is 5.32 Å². The van der Waals surface area contributed by atoms with Crippen LogP contribution in [0.5, 0.6) is 0 Å². The van der Waals surface area contributed by atoms with Crippen molar-refractivity contribution < 1.29 is 0 Å². The van der Waals surface area contributed by atoms with Gasteiger partial charge in [-0.15, -0.1) is 0 Å². The van der Waals surface area contributed by atoms with Crippen LogP contribution in [0.2, 0.25) is 0 Å². The maximum absolute atomic E-state index is 3.18. The first-order chi connectivity index (χ1) is 8.86. The van der Waals surface area contributed by atoms with E-state index in [1.807, 2.05) is 7.05 Å². The lowest BCUT2D eigenvalue weighted by atomic mass is 10.00. The Balaban J connectivity index is 1.90. The SMILES string of the molecule is CNCc1ccc(-c2ccc3c(c2)CCC3)cc1. The van der Waals surface area contributed by atoms with E-state index in [9.17, 15) is 0 Å². The zero-order valence-corrected chi connectivity index (χ0v) is 10.9. The Morgan fingerprint density at radius 3 is 2.39 bits per heavy atom. The summed E-state index contributed by atoms with van der Waals surface area (Å²) in [5.41, 5.74) is 7.11. The van der Waals surface area contributed by atoms with Crippen molar-refractivity contribution in [2.45, 2.75) is 25.8 Å². The maximum atomic E-state index is 3.18. The van der Waals surface area contributed by atoms with Crippen LogP contribution in [0, 0.1) is 0 Å². The lowest BCUT2D eigenvalue weighted by Crippen LogP contribution is -2.04. The van der Waals surface area contributed by atoms with E-state index in [2.05, 4.69) is 47.8 Å². The largest absolute Gasteiger partial charge is 0.316 e. The summed E-state index contributed by atoms with van der Waals surface area (Å²) in [6, 6.07) is 15.8. The normalized spacial score (nSPS) is 13.6. The van der Waals surface area contributed by atoms with Gasteiger partial charge in [0.2, 0.25) is 0 Å². The number of aryl methyl sites for hydroxylation is 2. The Bertz CT molecular complexity index is 540. The van der Waals surface area contributed by atoms with Gasteiger partial charge in [0.15, 0.2) is 0 Å². The highest BCUT2D eigenvalue weighted by Gasteiger charge is 2.11. The lowest BCUT2D eigenvalue weighted by molar-refractivity contribution is 0.818. The first-order valence-corrected chi connectivity index (χ1v) is 6.72. The number of hydrogen-bond donors (Lipinski definition) is 1. The molecule has 1 aliphatic rings. The molecule has 0 heterocycles. The van der Waals surface area contributed by atoms with Gasteiger partial charge in [0, 0.05) is 6.54 Å². The molecule has 2 aromatic carbocycles. The van der Waals surface area contributed by atoms with Crippen molar-refractivity contribution in [1.29, 1.82) is 0 Å². The van der Waals surface area contributed by atoms with Crippen LogP contribution in [0.15, 0.2) is 42.5 Å². The van der Waals surface area contributed by atoms with Crippen LogP contribution in [0.1, 0.15) is 23.1 Å². The average molecular weight is 237 g/mol. The zero-order chi connectivity index (χ0) is 12.4.